The highest BCUT2D eigenvalue weighted by atomic mass is 32.2. The van der Waals surface area contributed by atoms with E-state index in [-0.39, 0.29) is 4.90 Å². The lowest BCUT2D eigenvalue weighted by Gasteiger charge is -2.11. The van der Waals surface area contributed by atoms with Gasteiger partial charge in [0.05, 0.1) is 10.6 Å². The second-order valence-corrected chi connectivity index (χ2v) is 6.25. The van der Waals surface area contributed by atoms with E-state index >= 15 is 0 Å². The quantitative estimate of drug-likeness (QED) is 0.809. The number of anilines is 1. The van der Waals surface area contributed by atoms with E-state index in [9.17, 15) is 12.8 Å². The van der Waals surface area contributed by atoms with Crippen LogP contribution in [0.2, 0.25) is 0 Å². The number of nitrogens with zero attached hydrogens (tertiary/aromatic N) is 2. The molecule has 0 fully saturated rings. The average molecular weight is 305 g/mol. The van der Waals surface area contributed by atoms with Crippen molar-refractivity contribution in [3.63, 3.8) is 0 Å². The Balaban J connectivity index is 2.05. The van der Waals surface area contributed by atoms with Gasteiger partial charge >= 0.3 is 0 Å². The number of nitrogens with one attached hydrogen (secondary N) is 1. The summed E-state index contributed by atoms with van der Waals surface area (Å²) < 4.78 is 42.2. The molecular formula is C14H12FN3O2S. The number of pyridine rings is 1. The Morgan fingerprint density at radius 1 is 1.24 bits per heavy atom. The van der Waals surface area contributed by atoms with Gasteiger partial charge in [0.1, 0.15) is 5.82 Å². The molecule has 5 nitrogen and oxygen atoms in total. The number of fused-ring (bicyclic) bond motifs is 1. The minimum Gasteiger partial charge on any atom is -0.305 e. The highest BCUT2D eigenvalue weighted by Gasteiger charge is 2.18. The van der Waals surface area contributed by atoms with Gasteiger partial charge in [0.2, 0.25) is 0 Å². The minimum atomic E-state index is -3.80. The molecule has 0 amide bonds. The van der Waals surface area contributed by atoms with E-state index < -0.39 is 15.8 Å². The fraction of sp³-hybridized carbons (Fsp3) is 0.0714. The Hall–Kier alpha value is -2.41. The van der Waals surface area contributed by atoms with E-state index in [0.29, 0.717) is 16.9 Å². The molecule has 3 aromatic rings. The zero-order valence-corrected chi connectivity index (χ0v) is 11.9. The van der Waals surface area contributed by atoms with Crippen LogP contribution in [0.3, 0.4) is 0 Å². The van der Waals surface area contributed by atoms with Crippen LogP contribution in [0.5, 0.6) is 0 Å². The number of rotatable bonds is 3. The summed E-state index contributed by atoms with van der Waals surface area (Å²) in [6.45, 7) is 1.55. The fourth-order valence-corrected chi connectivity index (χ4v) is 3.43. The lowest BCUT2D eigenvalue weighted by atomic mass is 10.2. The van der Waals surface area contributed by atoms with E-state index in [0.717, 1.165) is 6.07 Å². The van der Waals surface area contributed by atoms with Crippen LogP contribution in [0.4, 0.5) is 10.1 Å². The van der Waals surface area contributed by atoms with Gasteiger partial charge in [0, 0.05) is 18.6 Å². The number of benzene rings is 1. The molecule has 0 saturated heterocycles. The fourth-order valence-electron chi connectivity index (χ4n) is 2.14. The van der Waals surface area contributed by atoms with E-state index in [1.807, 2.05) is 0 Å². The van der Waals surface area contributed by atoms with Gasteiger partial charge in [-0.15, -0.1) is 0 Å². The summed E-state index contributed by atoms with van der Waals surface area (Å²) in [4.78, 5) is 4.15. The zero-order chi connectivity index (χ0) is 15.0. The SMILES string of the molecule is Cc1cc(F)ccc1S(=O)(=O)Nc1cccn2ccnc12. The number of aromatic nitrogens is 2. The van der Waals surface area contributed by atoms with Gasteiger partial charge in [-0.05, 0) is 42.8 Å². The minimum absolute atomic E-state index is 0.0393. The summed E-state index contributed by atoms with van der Waals surface area (Å²) in [6.07, 6.45) is 5.07. The Morgan fingerprint density at radius 3 is 2.81 bits per heavy atom. The number of imidazole rings is 1. The van der Waals surface area contributed by atoms with Crippen LogP contribution >= 0.6 is 0 Å². The Kier molecular flexibility index (Phi) is 3.13. The van der Waals surface area contributed by atoms with Crippen molar-refractivity contribution in [3.05, 3.63) is 60.3 Å². The van der Waals surface area contributed by atoms with Crippen LogP contribution in [0, 0.1) is 12.7 Å². The van der Waals surface area contributed by atoms with Gasteiger partial charge in [0.25, 0.3) is 10.0 Å². The highest BCUT2D eigenvalue weighted by Crippen LogP contribution is 2.22. The largest absolute Gasteiger partial charge is 0.305 e. The van der Waals surface area contributed by atoms with Crippen molar-refractivity contribution in [2.24, 2.45) is 0 Å². The van der Waals surface area contributed by atoms with Gasteiger partial charge < -0.3 is 4.40 Å². The molecule has 0 radical (unpaired) electrons. The first-order valence-electron chi connectivity index (χ1n) is 6.18. The normalized spacial score (nSPS) is 11.7. The number of sulfonamides is 1. The molecule has 2 heterocycles. The van der Waals surface area contributed by atoms with Crippen molar-refractivity contribution in [2.45, 2.75) is 11.8 Å². The zero-order valence-electron chi connectivity index (χ0n) is 11.1. The molecule has 1 aromatic carbocycles. The second-order valence-electron chi connectivity index (χ2n) is 4.60. The van der Waals surface area contributed by atoms with Crippen molar-refractivity contribution < 1.29 is 12.8 Å². The molecule has 0 aliphatic heterocycles. The number of hydrogen-bond donors (Lipinski definition) is 1. The molecule has 0 aliphatic rings. The summed E-state index contributed by atoms with van der Waals surface area (Å²) in [6, 6.07) is 6.89. The van der Waals surface area contributed by atoms with Crippen LogP contribution < -0.4 is 4.72 Å². The summed E-state index contributed by atoms with van der Waals surface area (Å²) >= 11 is 0. The first kappa shape index (κ1) is 13.6. The maximum Gasteiger partial charge on any atom is 0.262 e. The van der Waals surface area contributed by atoms with Gasteiger partial charge in [0.15, 0.2) is 5.65 Å². The van der Waals surface area contributed by atoms with Crippen molar-refractivity contribution >= 4 is 21.4 Å². The third kappa shape index (κ3) is 2.47. The average Bonchev–Trinajstić information content (AvgIpc) is 2.87. The molecule has 3 rings (SSSR count). The Labute approximate surface area is 121 Å². The molecular weight excluding hydrogens is 293 g/mol. The maximum absolute atomic E-state index is 13.1. The molecule has 7 heteroatoms. The molecule has 0 spiro atoms. The molecule has 0 saturated carbocycles. The van der Waals surface area contributed by atoms with Crippen LogP contribution in [0.15, 0.2) is 53.8 Å². The summed E-state index contributed by atoms with van der Waals surface area (Å²) in [7, 11) is -3.80. The Morgan fingerprint density at radius 2 is 2.05 bits per heavy atom. The summed E-state index contributed by atoms with van der Waals surface area (Å²) in [5.41, 5.74) is 1.21. The van der Waals surface area contributed by atoms with E-state index in [4.69, 9.17) is 0 Å². The molecule has 1 N–H and O–H groups in total. The van der Waals surface area contributed by atoms with E-state index in [2.05, 4.69) is 9.71 Å². The predicted molar refractivity (Wildman–Crippen MR) is 77.1 cm³/mol. The monoisotopic (exact) mass is 305 g/mol. The van der Waals surface area contributed by atoms with Crippen LogP contribution in [-0.2, 0) is 10.0 Å². The molecule has 108 valence electrons. The third-order valence-electron chi connectivity index (χ3n) is 3.09. The van der Waals surface area contributed by atoms with Gasteiger partial charge in [-0.2, -0.15) is 0 Å². The van der Waals surface area contributed by atoms with Crippen molar-refractivity contribution in [2.75, 3.05) is 4.72 Å². The molecule has 0 aliphatic carbocycles. The molecule has 0 atom stereocenters. The molecule has 21 heavy (non-hydrogen) atoms. The molecule has 0 bridgehead atoms. The maximum atomic E-state index is 13.1. The molecule has 0 unspecified atom stereocenters. The van der Waals surface area contributed by atoms with Gasteiger partial charge in [-0.1, -0.05) is 0 Å². The lowest BCUT2D eigenvalue weighted by molar-refractivity contribution is 0.598. The third-order valence-corrected chi connectivity index (χ3v) is 4.62. The van der Waals surface area contributed by atoms with Gasteiger partial charge in [-0.25, -0.2) is 17.8 Å². The Bertz CT molecular complexity index is 919. The van der Waals surface area contributed by atoms with Crippen LogP contribution in [-0.4, -0.2) is 17.8 Å². The van der Waals surface area contributed by atoms with Crippen molar-refractivity contribution in [1.29, 1.82) is 0 Å². The number of hydrogen-bond acceptors (Lipinski definition) is 3. The standard InChI is InChI=1S/C14H12FN3O2S/c1-10-9-11(15)4-5-13(10)21(19,20)17-12-3-2-7-18-8-6-16-14(12)18/h2-9,17H,1H3. The number of halogens is 1. The highest BCUT2D eigenvalue weighted by molar-refractivity contribution is 7.92. The summed E-state index contributed by atoms with van der Waals surface area (Å²) in [5.74, 6) is -0.471. The predicted octanol–water partition coefficient (Wildman–Crippen LogP) is 2.58. The van der Waals surface area contributed by atoms with E-state index in [1.54, 1.807) is 42.0 Å². The summed E-state index contributed by atoms with van der Waals surface area (Å²) in [5, 5.41) is 0. The smallest absolute Gasteiger partial charge is 0.262 e. The molecule has 2 aromatic heterocycles. The van der Waals surface area contributed by atoms with Crippen molar-refractivity contribution in [3.8, 4) is 0 Å². The number of aryl methyl sites for hydroxylation is 1. The van der Waals surface area contributed by atoms with Crippen LogP contribution in [0.1, 0.15) is 5.56 Å². The second kappa shape index (κ2) is 4.85. The van der Waals surface area contributed by atoms with Crippen LogP contribution in [0.25, 0.3) is 5.65 Å². The van der Waals surface area contributed by atoms with Crippen molar-refractivity contribution in [1.82, 2.24) is 9.38 Å². The topological polar surface area (TPSA) is 63.5 Å². The van der Waals surface area contributed by atoms with Gasteiger partial charge in [-0.3, -0.25) is 4.72 Å². The lowest BCUT2D eigenvalue weighted by Crippen LogP contribution is -2.15. The van der Waals surface area contributed by atoms with E-state index in [1.165, 1.54) is 12.1 Å². The first-order chi connectivity index (χ1) is 9.97. The first-order valence-corrected chi connectivity index (χ1v) is 7.66.